The molecule has 0 heterocycles. The standard InChI is InChI=1S/C16H19NO3/c1-2-3-5-11-8-9-14(17-20)15(11)12-6-4-7-13(10-12)16(18)19/h4,6-7,10,20H,2-3,5,8-9H2,1H3,(H,18,19). The molecule has 0 spiro atoms. The van der Waals surface area contributed by atoms with E-state index in [4.69, 9.17) is 10.3 Å². The quantitative estimate of drug-likeness (QED) is 0.630. The van der Waals surface area contributed by atoms with E-state index in [0.717, 1.165) is 43.2 Å². The first-order chi connectivity index (χ1) is 9.67. The molecule has 1 aromatic rings. The van der Waals surface area contributed by atoms with Crippen LogP contribution >= 0.6 is 0 Å². The molecule has 4 nitrogen and oxygen atoms in total. The van der Waals surface area contributed by atoms with E-state index in [0.29, 0.717) is 5.71 Å². The van der Waals surface area contributed by atoms with Crippen LogP contribution in [-0.2, 0) is 0 Å². The molecule has 0 fully saturated rings. The maximum atomic E-state index is 11.1. The van der Waals surface area contributed by atoms with Crippen molar-refractivity contribution in [2.75, 3.05) is 0 Å². The Bertz CT molecular complexity index is 573. The van der Waals surface area contributed by atoms with E-state index in [9.17, 15) is 4.79 Å². The van der Waals surface area contributed by atoms with Crippen LogP contribution in [0.1, 0.15) is 54.9 Å². The first kappa shape index (κ1) is 14.3. The highest BCUT2D eigenvalue weighted by Crippen LogP contribution is 2.35. The van der Waals surface area contributed by atoms with E-state index in [1.165, 1.54) is 5.57 Å². The highest BCUT2D eigenvalue weighted by molar-refractivity contribution is 6.26. The van der Waals surface area contributed by atoms with Gasteiger partial charge in [0.25, 0.3) is 0 Å². The van der Waals surface area contributed by atoms with E-state index in [-0.39, 0.29) is 5.56 Å². The zero-order valence-electron chi connectivity index (χ0n) is 11.6. The predicted molar refractivity (Wildman–Crippen MR) is 78.3 cm³/mol. The fourth-order valence-corrected chi connectivity index (χ4v) is 2.64. The van der Waals surface area contributed by atoms with Gasteiger partial charge in [0.05, 0.1) is 11.3 Å². The van der Waals surface area contributed by atoms with Gasteiger partial charge in [-0.05, 0) is 43.4 Å². The summed E-state index contributed by atoms with van der Waals surface area (Å²) in [5.41, 5.74) is 3.96. The molecule has 20 heavy (non-hydrogen) atoms. The van der Waals surface area contributed by atoms with Crippen molar-refractivity contribution in [1.29, 1.82) is 0 Å². The van der Waals surface area contributed by atoms with Crippen LogP contribution in [0.2, 0.25) is 0 Å². The van der Waals surface area contributed by atoms with Crippen LogP contribution in [0.3, 0.4) is 0 Å². The molecule has 2 N–H and O–H groups in total. The predicted octanol–water partition coefficient (Wildman–Crippen LogP) is 3.95. The van der Waals surface area contributed by atoms with Crippen molar-refractivity contribution in [2.24, 2.45) is 5.16 Å². The summed E-state index contributed by atoms with van der Waals surface area (Å²) in [4.78, 5) is 11.1. The number of allylic oxidation sites excluding steroid dienone is 2. The lowest BCUT2D eigenvalue weighted by molar-refractivity contribution is 0.0697. The minimum absolute atomic E-state index is 0.258. The molecule has 0 unspecified atom stereocenters. The van der Waals surface area contributed by atoms with Gasteiger partial charge >= 0.3 is 5.97 Å². The zero-order valence-corrected chi connectivity index (χ0v) is 11.6. The van der Waals surface area contributed by atoms with Gasteiger partial charge in [0.2, 0.25) is 0 Å². The summed E-state index contributed by atoms with van der Waals surface area (Å²) in [6.07, 6.45) is 4.80. The molecule has 4 heteroatoms. The Morgan fingerprint density at radius 3 is 2.80 bits per heavy atom. The zero-order chi connectivity index (χ0) is 14.5. The molecule has 1 aliphatic rings. The number of aromatic carboxylic acids is 1. The number of carboxylic acids is 1. The van der Waals surface area contributed by atoms with Gasteiger partial charge in [0, 0.05) is 5.57 Å². The van der Waals surface area contributed by atoms with Crippen molar-refractivity contribution in [1.82, 2.24) is 0 Å². The van der Waals surface area contributed by atoms with Crippen molar-refractivity contribution < 1.29 is 15.1 Å². The van der Waals surface area contributed by atoms with Crippen LogP contribution in [0.25, 0.3) is 5.57 Å². The first-order valence-electron chi connectivity index (χ1n) is 6.94. The van der Waals surface area contributed by atoms with Gasteiger partial charge in [-0.15, -0.1) is 0 Å². The van der Waals surface area contributed by atoms with Crippen molar-refractivity contribution in [3.8, 4) is 0 Å². The average Bonchev–Trinajstić information content (AvgIpc) is 2.88. The number of nitrogens with zero attached hydrogens (tertiary/aromatic N) is 1. The maximum absolute atomic E-state index is 11.1. The fourth-order valence-electron chi connectivity index (χ4n) is 2.64. The summed E-state index contributed by atoms with van der Waals surface area (Å²) in [5.74, 6) is -0.942. The molecule has 0 amide bonds. The van der Waals surface area contributed by atoms with Crippen molar-refractivity contribution >= 4 is 17.3 Å². The number of unbranched alkanes of at least 4 members (excludes halogenated alkanes) is 1. The van der Waals surface area contributed by atoms with E-state index in [1.807, 2.05) is 6.07 Å². The third kappa shape index (κ3) is 2.90. The number of hydrogen-bond donors (Lipinski definition) is 2. The van der Waals surface area contributed by atoms with Crippen LogP contribution in [-0.4, -0.2) is 22.0 Å². The van der Waals surface area contributed by atoms with E-state index in [1.54, 1.807) is 18.2 Å². The monoisotopic (exact) mass is 273 g/mol. The molecule has 0 saturated carbocycles. The lowest BCUT2D eigenvalue weighted by Crippen LogP contribution is -2.01. The molecule has 0 radical (unpaired) electrons. The number of carbonyl (C=O) groups is 1. The molecule has 0 atom stereocenters. The van der Waals surface area contributed by atoms with Crippen LogP contribution in [0.4, 0.5) is 0 Å². The van der Waals surface area contributed by atoms with Gasteiger partial charge in [-0.2, -0.15) is 0 Å². The number of benzene rings is 1. The molecule has 1 aromatic carbocycles. The summed E-state index contributed by atoms with van der Waals surface area (Å²) in [5, 5.41) is 21.6. The van der Waals surface area contributed by atoms with Crippen molar-refractivity contribution in [2.45, 2.75) is 39.0 Å². The van der Waals surface area contributed by atoms with Gasteiger partial charge < -0.3 is 10.3 Å². The Hall–Kier alpha value is -2.10. The van der Waals surface area contributed by atoms with Crippen molar-refractivity contribution in [3.05, 3.63) is 41.0 Å². The van der Waals surface area contributed by atoms with Crippen molar-refractivity contribution in [3.63, 3.8) is 0 Å². The number of rotatable bonds is 5. The SMILES string of the molecule is CCCCC1=C(c2cccc(C(=O)O)c2)C(=NO)CC1. The number of carboxylic acid groups (broad SMARTS) is 1. The smallest absolute Gasteiger partial charge is 0.335 e. The molecule has 0 bridgehead atoms. The Balaban J connectivity index is 2.44. The largest absolute Gasteiger partial charge is 0.478 e. The summed E-state index contributed by atoms with van der Waals surface area (Å²) in [6, 6.07) is 6.84. The molecule has 0 aromatic heterocycles. The Labute approximate surface area is 118 Å². The molecule has 0 aliphatic heterocycles. The van der Waals surface area contributed by atoms with Gasteiger partial charge in [-0.25, -0.2) is 4.79 Å². The third-order valence-corrected chi connectivity index (χ3v) is 3.66. The molecule has 106 valence electrons. The molecule has 0 saturated heterocycles. The topological polar surface area (TPSA) is 69.9 Å². The van der Waals surface area contributed by atoms with E-state index in [2.05, 4.69) is 12.1 Å². The lowest BCUT2D eigenvalue weighted by Gasteiger charge is -2.08. The highest BCUT2D eigenvalue weighted by Gasteiger charge is 2.23. The maximum Gasteiger partial charge on any atom is 0.335 e. The second-order valence-electron chi connectivity index (χ2n) is 5.01. The summed E-state index contributed by atoms with van der Waals surface area (Å²) in [7, 11) is 0. The van der Waals surface area contributed by atoms with Gasteiger partial charge in [-0.1, -0.05) is 36.2 Å². The summed E-state index contributed by atoms with van der Waals surface area (Å²) >= 11 is 0. The highest BCUT2D eigenvalue weighted by atomic mass is 16.4. The number of oxime groups is 1. The van der Waals surface area contributed by atoms with Gasteiger partial charge in [0.15, 0.2) is 0 Å². The molecule has 2 rings (SSSR count). The normalized spacial score (nSPS) is 16.9. The minimum Gasteiger partial charge on any atom is -0.478 e. The third-order valence-electron chi connectivity index (χ3n) is 3.66. The Morgan fingerprint density at radius 2 is 2.15 bits per heavy atom. The number of hydrogen-bond acceptors (Lipinski definition) is 3. The van der Waals surface area contributed by atoms with E-state index < -0.39 is 5.97 Å². The summed E-state index contributed by atoms with van der Waals surface area (Å²) < 4.78 is 0. The Morgan fingerprint density at radius 1 is 1.35 bits per heavy atom. The van der Waals surface area contributed by atoms with Gasteiger partial charge in [-0.3, -0.25) is 0 Å². The molecular weight excluding hydrogens is 254 g/mol. The lowest BCUT2D eigenvalue weighted by atomic mass is 9.96. The van der Waals surface area contributed by atoms with Crippen LogP contribution in [0.15, 0.2) is 35.0 Å². The van der Waals surface area contributed by atoms with Crippen LogP contribution in [0, 0.1) is 0 Å². The molecular formula is C16H19NO3. The fraction of sp³-hybridized carbons (Fsp3) is 0.375. The van der Waals surface area contributed by atoms with Crippen LogP contribution < -0.4 is 0 Å². The van der Waals surface area contributed by atoms with E-state index >= 15 is 0 Å². The average molecular weight is 273 g/mol. The second kappa shape index (κ2) is 6.37. The Kier molecular flexibility index (Phi) is 4.56. The minimum atomic E-state index is -0.942. The van der Waals surface area contributed by atoms with Gasteiger partial charge in [0.1, 0.15) is 0 Å². The van der Waals surface area contributed by atoms with Crippen LogP contribution in [0.5, 0.6) is 0 Å². The molecule has 1 aliphatic carbocycles. The second-order valence-corrected chi connectivity index (χ2v) is 5.01. The first-order valence-corrected chi connectivity index (χ1v) is 6.94. The summed E-state index contributed by atoms with van der Waals surface area (Å²) in [6.45, 7) is 2.14.